The topological polar surface area (TPSA) is 19.6 Å². The normalized spacial score (nSPS) is 19.4. The highest BCUT2D eigenvalue weighted by Crippen LogP contribution is 2.54. The summed E-state index contributed by atoms with van der Waals surface area (Å²) in [5, 5.41) is 3.07. The van der Waals surface area contributed by atoms with E-state index in [2.05, 4.69) is 205 Å². The van der Waals surface area contributed by atoms with E-state index in [1.807, 2.05) is 6.07 Å². The molecule has 6 aromatic carbocycles. The van der Waals surface area contributed by atoms with E-state index in [9.17, 15) is 0 Å². The van der Waals surface area contributed by atoms with Gasteiger partial charge in [0.15, 0.2) is 0 Å². The van der Waals surface area contributed by atoms with Crippen LogP contribution in [0.25, 0.3) is 21.9 Å². The fourth-order valence-electron chi connectivity index (χ4n) is 12.3. The Morgan fingerprint density at radius 3 is 1.25 bits per heavy atom. The highest BCUT2D eigenvalue weighted by atomic mass is 35.5. The van der Waals surface area contributed by atoms with E-state index in [0.717, 1.165) is 57.2 Å². The molecule has 1 heterocycles. The second-order valence-electron chi connectivity index (χ2n) is 25.0. The summed E-state index contributed by atoms with van der Waals surface area (Å²) in [6.45, 7) is 35.9. The minimum Gasteiger partial charge on any atom is -0.456 e. The maximum absolute atomic E-state index is 6.90. The van der Waals surface area contributed by atoms with Crippen LogP contribution in [0, 0.1) is 20.8 Å². The molecule has 0 unspecified atom stereocenters. The molecule has 3 aliphatic rings. The minimum absolute atomic E-state index is 0.0385. The minimum atomic E-state index is 0.0385. The Hall–Kier alpha value is -4.99. The summed E-state index contributed by atoms with van der Waals surface area (Å²) in [7, 11) is 0. The van der Waals surface area contributed by atoms with Crippen molar-refractivity contribution in [3.8, 4) is 0 Å². The first-order valence-electron chi connectivity index (χ1n) is 25.1. The van der Waals surface area contributed by atoms with Gasteiger partial charge in [-0.1, -0.05) is 113 Å². The molecule has 67 heavy (non-hydrogen) atoms. The number of benzene rings is 6. The number of furan rings is 1. The molecule has 3 aliphatic carbocycles. The van der Waals surface area contributed by atoms with E-state index in [-0.39, 0.29) is 32.5 Å². The Kier molecular flexibility index (Phi) is 10.4. The Morgan fingerprint density at radius 2 is 0.791 bits per heavy atom. The number of aryl methyl sites for hydroxylation is 3. The third-order valence-electron chi connectivity index (χ3n) is 17.1. The van der Waals surface area contributed by atoms with E-state index in [1.54, 1.807) is 0 Å². The monoisotopic (exact) mass is 909 g/mol. The Morgan fingerprint density at radius 1 is 0.388 bits per heavy atom. The molecule has 348 valence electrons. The second-order valence-corrected chi connectivity index (χ2v) is 25.5. The van der Waals surface area contributed by atoms with Gasteiger partial charge < -0.3 is 14.2 Å². The molecular formula is C63H73ClN2O. The van der Waals surface area contributed by atoms with Gasteiger partial charge in [-0.3, -0.25) is 0 Å². The zero-order valence-corrected chi connectivity index (χ0v) is 43.9. The molecule has 0 radical (unpaired) electrons. The van der Waals surface area contributed by atoms with Gasteiger partial charge in [-0.05, 0) is 221 Å². The molecule has 7 aromatic rings. The van der Waals surface area contributed by atoms with Gasteiger partial charge in [-0.15, -0.1) is 0 Å². The van der Waals surface area contributed by atoms with Crippen molar-refractivity contribution in [2.24, 2.45) is 0 Å². The first-order chi connectivity index (χ1) is 31.3. The van der Waals surface area contributed by atoms with E-state index in [0.29, 0.717) is 0 Å². The summed E-state index contributed by atoms with van der Waals surface area (Å²) in [5.41, 5.74) is 21.5. The van der Waals surface area contributed by atoms with Gasteiger partial charge in [0.2, 0.25) is 0 Å². The molecule has 10 rings (SSSR count). The summed E-state index contributed by atoms with van der Waals surface area (Å²) in [5.74, 6) is 0. The molecule has 0 aliphatic heterocycles. The van der Waals surface area contributed by atoms with Crippen LogP contribution < -0.4 is 9.80 Å². The van der Waals surface area contributed by atoms with Gasteiger partial charge >= 0.3 is 0 Å². The molecule has 0 atom stereocenters. The van der Waals surface area contributed by atoms with Crippen molar-refractivity contribution in [3.63, 3.8) is 0 Å². The highest BCUT2D eigenvalue weighted by molar-refractivity contribution is 6.30. The standard InChI is InChI=1S/C63H73ClN2O/c1-38-27-44(65(42-18-16-17-41(64)31-42)54-35-51-48(29-39(54)2)58(4,5)21-24-61(51,10)11)32-45(28-38)66(55-36-52-49(30-40(55)3)59(6,7)22-25-62(52,12)13)43-19-20-56-46(33-43)47-34-50-53(37-57(47)67-56)63(14,15)26-23-60(50,8)9/h16-20,27-37H,21-26H2,1-15H3. The van der Waals surface area contributed by atoms with Gasteiger partial charge in [0.25, 0.3) is 0 Å². The van der Waals surface area contributed by atoms with Crippen LogP contribution in [-0.2, 0) is 32.5 Å². The highest BCUT2D eigenvalue weighted by Gasteiger charge is 2.41. The summed E-state index contributed by atoms with van der Waals surface area (Å²) in [4.78, 5) is 4.99. The molecule has 0 spiro atoms. The summed E-state index contributed by atoms with van der Waals surface area (Å²) >= 11 is 6.90. The summed E-state index contributed by atoms with van der Waals surface area (Å²) in [6, 6.07) is 37.3. The van der Waals surface area contributed by atoms with Crippen LogP contribution in [0.5, 0.6) is 0 Å². The first kappa shape index (κ1) is 45.8. The first-order valence-corrected chi connectivity index (χ1v) is 25.4. The van der Waals surface area contributed by atoms with Gasteiger partial charge in [-0.25, -0.2) is 0 Å². The smallest absolute Gasteiger partial charge is 0.135 e. The molecular weight excluding hydrogens is 836 g/mol. The van der Waals surface area contributed by atoms with Crippen LogP contribution in [0.2, 0.25) is 5.02 Å². The van der Waals surface area contributed by atoms with Crippen molar-refractivity contribution in [2.75, 3.05) is 9.80 Å². The van der Waals surface area contributed by atoms with Crippen LogP contribution in [0.15, 0.2) is 101 Å². The van der Waals surface area contributed by atoms with Gasteiger partial charge in [-0.2, -0.15) is 0 Å². The molecule has 4 heteroatoms. The fraction of sp³-hybridized carbons (Fsp3) is 0.429. The van der Waals surface area contributed by atoms with E-state index >= 15 is 0 Å². The van der Waals surface area contributed by atoms with Crippen LogP contribution in [0.1, 0.15) is 172 Å². The number of rotatable bonds is 6. The second kappa shape index (κ2) is 15.3. The van der Waals surface area contributed by atoms with Crippen molar-refractivity contribution in [1.82, 2.24) is 0 Å². The van der Waals surface area contributed by atoms with Crippen LogP contribution in [0.3, 0.4) is 0 Å². The maximum Gasteiger partial charge on any atom is 0.135 e. The van der Waals surface area contributed by atoms with Crippen molar-refractivity contribution < 1.29 is 4.42 Å². The molecule has 0 saturated heterocycles. The van der Waals surface area contributed by atoms with Gasteiger partial charge in [0.1, 0.15) is 11.2 Å². The average Bonchev–Trinajstić information content (AvgIpc) is 3.61. The van der Waals surface area contributed by atoms with Crippen LogP contribution >= 0.6 is 11.6 Å². The van der Waals surface area contributed by atoms with E-state index < -0.39 is 0 Å². The zero-order chi connectivity index (χ0) is 48.0. The number of nitrogens with zero attached hydrogens (tertiary/aromatic N) is 2. The van der Waals surface area contributed by atoms with Gasteiger partial charge in [0, 0.05) is 49.9 Å². The molecule has 3 nitrogen and oxygen atoms in total. The number of anilines is 6. The molecule has 0 amide bonds. The van der Waals surface area contributed by atoms with Crippen molar-refractivity contribution in [2.45, 2.75) is 175 Å². The molecule has 1 aromatic heterocycles. The Bertz CT molecular complexity index is 3150. The molecule has 0 N–H and O–H groups in total. The largest absolute Gasteiger partial charge is 0.456 e. The quantitative estimate of drug-likeness (QED) is 0.166. The Balaban J connectivity index is 1.23. The molecule has 0 bridgehead atoms. The van der Waals surface area contributed by atoms with E-state index in [1.165, 1.54) is 92.5 Å². The lowest BCUT2D eigenvalue weighted by molar-refractivity contribution is 0.332. The SMILES string of the molecule is Cc1cc(N(c2cccc(Cl)c2)c2cc3c(cc2C)C(C)(C)CCC3(C)C)cc(N(c2ccc3oc4cc5c(cc4c3c2)C(C)(C)CCC5(C)C)c2cc3c(cc2C)C(C)(C)CCC3(C)C)c1. The Labute approximate surface area is 406 Å². The van der Waals surface area contributed by atoms with Crippen LogP contribution in [0.4, 0.5) is 34.1 Å². The fourth-order valence-corrected chi connectivity index (χ4v) is 12.5. The number of halogens is 1. The summed E-state index contributed by atoms with van der Waals surface area (Å²) < 4.78 is 6.79. The molecule has 0 saturated carbocycles. The number of fused-ring (bicyclic) bond motifs is 6. The predicted molar refractivity (Wildman–Crippen MR) is 288 cm³/mol. The predicted octanol–water partition coefficient (Wildman–Crippen LogP) is 19.2. The van der Waals surface area contributed by atoms with Crippen molar-refractivity contribution >= 4 is 67.7 Å². The average molecular weight is 910 g/mol. The summed E-state index contributed by atoms with van der Waals surface area (Å²) in [6.07, 6.45) is 6.99. The lowest BCUT2D eigenvalue weighted by Crippen LogP contribution is -2.34. The third-order valence-corrected chi connectivity index (χ3v) is 17.4. The zero-order valence-electron chi connectivity index (χ0n) is 43.2. The van der Waals surface area contributed by atoms with E-state index in [4.69, 9.17) is 16.0 Å². The lowest BCUT2D eigenvalue weighted by Gasteiger charge is -2.43. The van der Waals surface area contributed by atoms with Crippen LogP contribution in [-0.4, -0.2) is 0 Å². The van der Waals surface area contributed by atoms with Crippen molar-refractivity contribution in [1.29, 1.82) is 0 Å². The maximum atomic E-state index is 6.90. The molecule has 0 fully saturated rings. The van der Waals surface area contributed by atoms with Crippen molar-refractivity contribution in [3.05, 3.63) is 152 Å². The van der Waals surface area contributed by atoms with Gasteiger partial charge in [0.05, 0.1) is 0 Å². The lowest BCUT2D eigenvalue weighted by atomic mass is 9.63. The third kappa shape index (κ3) is 7.62. The number of hydrogen-bond acceptors (Lipinski definition) is 3. The number of hydrogen-bond donors (Lipinski definition) is 0.